The zero-order valence-corrected chi connectivity index (χ0v) is 25.0. The van der Waals surface area contributed by atoms with Gasteiger partial charge in [0, 0.05) is 13.1 Å². The van der Waals surface area contributed by atoms with E-state index in [-0.39, 0.29) is 22.4 Å². The van der Waals surface area contributed by atoms with E-state index >= 15 is 0 Å². The summed E-state index contributed by atoms with van der Waals surface area (Å²) in [4.78, 5) is 23.1. The van der Waals surface area contributed by atoms with Crippen LogP contribution in [-0.4, -0.2) is 60.3 Å². The van der Waals surface area contributed by atoms with Gasteiger partial charge in [-0.05, 0) is 94.7 Å². The van der Waals surface area contributed by atoms with Crippen LogP contribution >= 0.6 is 25.3 Å². The van der Waals surface area contributed by atoms with Crippen LogP contribution in [0.2, 0.25) is 0 Å². The summed E-state index contributed by atoms with van der Waals surface area (Å²) >= 11 is 8.39. The quantitative estimate of drug-likeness (QED) is 0.106. The zero-order valence-electron chi connectivity index (χ0n) is 23.2. The maximum absolute atomic E-state index is 12.2. The second-order valence-electron chi connectivity index (χ2n) is 12.0. The fourth-order valence-electron chi connectivity index (χ4n) is 5.56. The molecule has 0 spiro atoms. The number of carbonyl (C=O) groups is 2. The molecule has 2 aliphatic rings. The largest absolute Gasteiger partial charge is 0.481 e. The Bertz CT molecular complexity index is 613. The molecule has 0 aromatic rings. The third-order valence-electron chi connectivity index (χ3n) is 7.32. The average molecular weight is 547 g/mol. The summed E-state index contributed by atoms with van der Waals surface area (Å²) in [5, 5.41) is 15.9. The fourth-order valence-corrected chi connectivity index (χ4v) is 5.87. The van der Waals surface area contributed by atoms with Gasteiger partial charge >= 0.3 is 11.9 Å². The Labute approximate surface area is 231 Å². The van der Waals surface area contributed by atoms with Gasteiger partial charge in [0.05, 0.1) is 12.8 Å². The molecular formula is C28H54N2O4S2. The lowest BCUT2D eigenvalue weighted by molar-refractivity contribution is -0.158. The van der Waals surface area contributed by atoms with Crippen molar-refractivity contribution in [1.82, 2.24) is 10.6 Å². The van der Waals surface area contributed by atoms with Crippen LogP contribution in [0, 0.1) is 10.8 Å². The molecule has 0 aromatic carbocycles. The Morgan fingerprint density at radius 1 is 0.778 bits per heavy atom. The molecule has 0 amide bonds. The van der Waals surface area contributed by atoms with Crippen LogP contribution in [0.3, 0.4) is 0 Å². The standard InChI is InChI=1S/C16H31NO2S.C12H23NO2S/c1-15(2,3)19-14(18)12-16(8-5-4-6-9-16)13-17-10-7-11-20;14-11(15)9-12(5-2-1-3-6-12)10-13-7-4-8-16/h17,20H,4-13H2,1-3H3;13,16H,1-10H2,(H,14,15). The Morgan fingerprint density at radius 2 is 1.19 bits per heavy atom. The van der Waals surface area contributed by atoms with Crippen LogP contribution in [0.4, 0.5) is 0 Å². The summed E-state index contributed by atoms with van der Waals surface area (Å²) in [6, 6.07) is 0. The van der Waals surface area contributed by atoms with Crippen molar-refractivity contribution in [2.24, 2.45) is 10.8 Å². The first-order valence-corrected chi connectivity index (χ1v) is 15.4. The highest BCUT2D eigenvalue weighted by molar-refractivity contribution is 7.80. The first-order chi connectivity index (χ1) is 17.1. The van der Waals surface area contributed by atoms with Crippen molar-refractivity contribution >= 4 is 37.2 Å². The molecule has 0 bridgehead atoms. The van der Waals surface area contributed by atoms with Gasteiger partial charge in [0.25, 0.3) is 0 Å². The van der Waals surface area contributed by atoms with E-state index in [0.29, 0.717) is 12.8 Å². The van der Waals surface area contributed by atoms with E-state index in [9.17, 15) is 9.59 Å². The molecule has 212 valence electrons. The van der Waals surface area contributed by atoms with E-state index in [1.165, 1.54) is 38.5 Å². The Hall–Kier alpha value is -0.440. The number of esters is 1. The first-order valence-electron chi connectivity index (χ1n) is 14.1. The number of carbonyl (C=O) groups excluding carboxylic acids is 1. The molecule has 2 rings (SSSR count). The topological polar surface area (TPSA) is 87.7 Å². The SMILES string of the molecule is CC(C)(C)OC(=O)CC1(CNCCCS)CCCCC1.O=C(O)CC1(CNCCCS)CCCCC1. The molecule has 0 unspecified atom stereocenters. The molecule has 8 heteroatoms. The maximum Gasteiger partial charge on any atom is 0.306 e. The van der Waals surface area contributed by atoms with Crippen LogP contribution in [0.5, 0.6) is 0 Å². The number of hydrogen-bond donors (Lipinski definition) is 5. The second-order valence-corrected chi connectivity index (χ2v) is 12.9. The summed E-state index contributed by atoms with van der Waals surface area (Å²) in [5.74, 6) is 1.10. The minimum absolute atomic E-state index is 0.0146. The minimum Gasteiger partial charge on any atom is -0.481 e. The van der Waals surface area contributed by atoms with Crippen molar-refractivity contribution in [3.05, 3.63) is 0 Å². The van der Waals surface area contributed by atoms with Gasteiger partial charge in [-0.1, -0.05) is 38.5 Å². The van der Waals surface area contributed by atoms with E-state index in [1.807, 2.05) is 20.8 Å². The van der Waals surface area contributed by atoms with Gasteiger partial charge in [-0.25, -0.2) is 0 Å². The Morgan fingerprint density at radius 3 is 1.56 bits per heavy atom. The molecular weight excluding hydrogens is 492 g/mol. The fraction of sp³-hybridized carbons (Fsp3) is 0.929. The predicted molar refractivity (Wildman–Crippen MR) is 156 cm³/mol. The summed E-state index contributed by atoms with van der Waals surface area (Å²) < 4.78 is 5.51. The first kappa shape index (κ1) is 33.6. The van der Waals surface area contributed by atoms with Crippen LogP contribution in [0.25, 0.3) is 0 Å². The number of aliphatic carboxylic acids is 1. The molecule has 2 aliphatic carbocycles. The minimum atomic E-state index is -0.655. The number of carboxylic acid groups (broad SMARTS) is 1. The van der Waals surface area contributed by atoms with E-state index < -0.39 is 5.97 Å². The lowest BCUT2D eigenvalue weighted by atomic mass is 9.71. The average Bonchev–Trinajstić information content (AvgIpc) is 2.80. The number of carboxylic acids is 1. The third-order valence-corrected chi connectivity index (χ3v) is 7.95. The maximum atomic E-state index is 12.2. The van der Waals surface area contributed by atoms with Crippen molar-refractivity contribution < 1.29 is 19.4 Å². The third kappa shape index (κ3) is 15.1. The molecule has 36 heavy (non-hydrogen) atoms. The van der Waals surface area contributed by atoms with Gasteiger partial charge in [-0.2, -0.15) is 25.3 Å². The van der Waals surface area contributed by atoms with Gasteiger partial charge in [-0.15, -0.1) is 0 Å². The van der Waals surface area contributed by atoms with Gasteiger partial charge < -0.3 is 20.5 Å². The summed E-state index contributed by atoms with van der Waals surface area (Å²) in [7, 11) is 0. The van der Waals surface area contributed by atoms with Crippen molar-refractivity contribution in [2.45, 2.75) is 116 Å². The van der Waals surface area contributed by atoms with Crippen molar-refractivity contribution in [3.8, 4) is 0 Å². The summed E-state index contributed by atoms with van der Waals surface area (Å²) in [6.45, 7) is 9.52. The number of hydrogen-bond acceptors (Lipinski definition) is 7. The van der Waals surface area contributed by atoms with Gasteiger partial charge in [0.15, 0.2) is 0 Å². The van der Waals surface area contributed by atoms with Gasteiger partial charge in [-0.3, -0.25) is 9.59 Å². The van der Waals surface area contributed by atoms with Gasteiger partial charge in [0.1, 0.15) is 5.60 Å². The number of ether oxygens (including phenoxy) is 1. The highest BCUT2D eigenvalue weighted by Gasteiger charge is 2.36. The molecule has 6 nitrogen and oxygen atoms in total. The van der Waals surface area contributed by atoms with Crippen molar-refractivity contribution in [1.29, 1.82) is 0 Å². The lowest BCUT2D eigenvalue weighted by Gasteiger charge is -2.37. The lowest BCUT2D eigenvalue weighted by Crippen LogP contribution is -2.39. The second kappa shape index (κ2) is 18.0. The number of nitrogens with one attached hydrogen (secondary N) is 2. The number of thiol groups is 2. The summed E-state index contributed by atoms with van der Waals surface area (Å²) in [6.07, 6.45) is 14.8. The number of rotatable bonds is 14. The molecule has 0 saturated heterocycles. The zero-order chi connectivity index (χ0) is 26.9. The van der Waals surface area contributed by atoms with E-state index in [1.54, 1.807) is 0 Å². The van der Waals surface area contributed by atoms with Crippen molar-refractivity contribution in [3.63, 3.8) is 0 Å². The van der Waals surface area contributed by atoms with Gasteiger partial charge in [0.2, 0.25) is 0 Å². The monoisotopic (exact) mass is 546 g/mol. The molecule has 0 heterocycles. The normalized spacial score (nSPS) is 19.1. The van der Waals surface area contributed by atoms with Crippen LogP contribution in [0.15, 0.2) is 0 Å². The smallest absolute Gasteiger partial charge is 0.306 e. The van der Waals surface area contributed by atoms with E-state index in [0.717, 1.165) is 76.2 Å². The molecule has 2 fully saturated rings. The van der Waals surface area contributed by atoms with Crippen LogP contribution in [0.1, 0.15) is 111 Å². The Kier molecular flexibility index (Phi) is 16.8. The Balaban J connectivity index is 0.000000369. The molecule has 0 radical (unpaired) electrons. The van der Waals surface area contributed by atoms with Crippen LogP contribution < -0.4 is 10.6 Å². The predicted octanol–water partition coefficient (Wildman–Crippen LogP) is 5.90. The van der Waals surface area contributed by atoms with Crippen LogP contribution in [-0.2, 0) is 14.3 Å². The summed E-state index contributed by atoms with van der Waals surface area (Å²) in [5.41, 5.74) is -0.260. The molecule has 0 atom stereocenters. The van der Waals surface area contributed by atoms with E-state index in [2.05, 4.69) is 35.9 Å². The molecule has 0 aliphatic heterocycles. The molecule has 2 saturated carbocycles. The van der Waals surface area contributed by atoms with Crippen molar-refractivity contribution in [2.75, 3.05) is 37.7 Å². The highest BCUT2D eigenvalue weighted by atomic mass is 32.1. The highest BCUT2D eigenvalue weighted by Crippen LogP contribution is 2.40. The molecule has 3 N–H and O–H groups in total. The van der Waals surface area contributed by atoms with E-state index in [4.69, 9.17) is 9.84 Å². The molecule has 0 aromatic heterocycles.